The third-order valence-corrected chi connectivity index (χ3v) is 3.65. The maximum atomic E-state index is 8.33. The molecular weight excluding hydrogens is 196 g/mol. The number of unbranched alkanes of at least 4 members (excludes halogenated alkanes) is 2. The van der Waals surface area contributed by atoms with Crippen molar-refractivity contribution in [2.45, 2.75) is 65.2 Å². The average Bonchev–Trinajstić information content (AvgIpc) is 2.82. The monoisotopic (exact) mass is 224 g/mol. The second-order valence-electron chi connectivity index (χ2n) is 5.06. The minimum atomic E-state index is 0.578. The Balaban J connectivity index is 2.41. The molecule has 0 aromatic heterocycles. The number of nitrogens with one attached hydrogen (secondary N) is 1. The Kier molecular flexibility index (Phi) is 6.51. The van der Waals surface area contributed by atoms with Gasteiger partial charge in [0.25, 0.3) is 0 Å². The summed E-state index contributed by atoms with van der Waals surface area (Å²) in [7, 11) is 0. The topological polar surface area (TPSA) is 27.1 Å². The molecule has 1 aliphatic carbocycles. The maximum Gasteiger partial charge on any atom is 0.0989 e. The van der Waals surface area contributed by atoms with E-state index in [1.807, 2.05) is 0 Å². The van der Waals surface area contributed by atoms with Crippen LogP contribution < -0.4 is 0 Å². The van der Waals surface area contributed by atoms with Crippen LogP contribution >= 0.6 is 0 Å². The molecule has 0 spiro atoms. The Labute approximate surface area is 101 Å². The molecule has 0 atom stereocenters. The molecule has 0 saturated heterocycles. The van der Waals surface area contributed by atoms with E-state index in [9.17, 15) is 0 Å². The minimum Gasteiger partial charge on any atom is -0.360 e. The molecule has 0 aromatic rings. The molecule has 0 bridgehead atoms. The van der Waals surface area contributed by atoms with Gasteiger partial charge in [-0.2, -0.15) is 0 Å². The second-order valence-corrected chi connectivity index (χ2v) is 5.06. The second kappa shape index (κ2) is 7.70. The zero-order chi connectivity index (χ0) is 11.8. The van der Waals surface area contributed by atoms with Gasteiger partial charge in [0.1, 0.15) is 0 Å². The molecule has 0 aromatic carbocycles. The molecule has 1 aliphatic rings. The number of rotatable bonds is 7. The Morgan fingerprint density at radius 2 is 1.56 bits per heavy atom. The summed E-state index contributed by atoms with van der Waals surface area (Å²) < 4.78 is 0. The van der Waals surface area contributed by atoms with Crippen molar-refractivity contribution >= 4 is 5.84 Å². The summed E-state index contributed by atoms with van der Waals surface area (Å²) in [5, 5.41) is 8.33. The Morgan fingerprint density at radius 1 is 1.06 bits per heavy atom. The quantitative estimate of drug-likeness (QED) is 0.512. The fourth-order valence-corrected chi connectivity index (χ4v) is 2.51. The highest BCUT2D eigenvalue weighted by molar-refractivity contribution is 5.81. The third-order valence-electron chi connectivity index (χ3n) is 3.65. The van der Waals surface area contributed by atoms with Crippen molar-refractivity contribution in [2.75, 3.05) is 13.1 Å². The Hall–Kier alpha value is -0.530. The number of hydrogen-bond donors (Lipinski definition) is 1. The van der Waals surface area contributed by atoms with Crippen molar-refractivity contribution in [2.24, 2.45) is 5.92 Å². The summed E-state index contributed by atoms with van der Waals surface area (Å²) >= 11 is 0. The summed E-state index contributed by atoms with van der Waals surface area (Å²) in [6, 6.07) is 0. The van der Waals surface area contributed by atoms with Crippen molar-refractivity contribution in [3.05, 3.63) is 0 Å². The molecule has 0 heterocycles. The van der Waals surface area contributed by atoms with Crippen molar-refractivity contribution in [1.29, 1.82) is 5.41 Å². The highest BCUT2D eigenvalue weighted by atomic mass is 15.2. The van der Waals surface area contributed by atoms with E-state index in [1.54, 1.807) is 0 Å². The highest BCUT2D eigenvalue weighted by Crippen LogP contribution is 2.27. The fraction of sp³-hybridized carbons (Fsp3) is 0.929. The molecule has 94 valence electrons. The summed E-state index contributed by atoms with van der Waals surface area (Å²) in [5.74, 6) is 1.52. The van der Waals surface area contributed by atoms with Crippen molar-refractivity contribution in [3.63, 3.8) is 0 Å². The molecule has 1 rings (SSSR count). The average molecular weight is 224 g/mol. The molecule has 0 radical (unpaired) electrons. The van der Waals surface area contributed by atoms with Gasteiger partial charge >= 0.3 is 0 Å². The van der Waals surface area contributed by atoms with Crippen LogP contribution in [0.15, 0.2) is 0 Å². The van der Waals surface area contributed by atoms with Crippen LogP contribution in [0.25, 0.3) is 0 Å². The van der Waals surface area contributed by atoms with Crippen LogP contribution in [0.4, 0.5) is 0 Å². The lowest BCUT2D eigenvalue weighted by molar-refractivity contribution is 0.373. The van der Waals surface area contributed by atoms with Gasteiger partial charge in [-0.3, -0.25) is 5.41 Å². The van der Waals surface area contributed by atoms with Crippen LogP contribution in [-0.4, -0.2) is 23.8 Å². The van der Waals surface area contributed by atoms with E-state index in [0.29, 0.717) is 5.92 Å². The maximum absolute atomic E-state index is 8.33. The van der Waals surface area contributed by atoms with Crippen LogP contribution in [0.2, 0.25) is 0 Å². The van der Waals surface area contributed by atoms with E-state index < -0.39 is 0 Å². The molecule has 0 unspecified atom stereocenters. The van der Waals surface area contributed by atoms with Gasteiger partial charge in [0.05, 0.1) is 5.84 Å². The first-order valence-electron chi connectivity index (χ1n) is 7.13. The zero-order valence-electron chi connectivity index (χ0n) is 11.1. The predicted molar refractivity (Wildman–Crippen MR) is 71.1 cm³/mol. The first-order valence-corrected chi connectivity index (χ1v) is 7.13. The van der Waals surface area contributed by atoms with Crippen LogP contribution in [0.3, 0.4) is 0 Å². The molecule has 0 amide bonds. The van der Waals surface area contributed by atoms with E-state index in [2.05, 4.69) is 18.7 Å². The lowest BCUT2D eigenvalue weighted by atomic mass is 10.1. The van der Waals surface area contributed by atoms with E-state index in [1.165, 1.54) is 51.4 Å². The van der Waals surface area contributed by atoms with Crippen LogP contribution in [0.1, 0.15) is 65.2 Å². The lowest BCUT2D eigenvalue weighted by Crippen LogP contribution is -2.36. The summed E-state index contributed by atoms with van der Waals surface area (Å²) in [5.41, 5.74) is 0. The molecule has 16 heavy (non-hydrogen) atoms. The summed E-state index contributed by atoms with van der Waals surface area (Å²) in [4.78, 5) is 2.35. The number of hydrogen-bond acceptors (Lipinski definition) is 1. The van der Waals surface area contributed by atoms with Gasteiger partial charge in [0.2, 0.25) is 0 Å². The van der Waals surface area contributed by atoms with Crippen molar-refractivity contribution < 1.29 is 0 Å². The van der Waals surface area contributed by atoms with Crippen LogP contribution in [0, 0.1) is 11.3 Å². The molecule has 1 saturated carbocycles. The SMILES string of the molecule is CCCCN(CCCC)C(=N)C1CCCC1. The van der Waals surface area contributed by atoms with Gasteiger partial charge in [-0.25, -0.2) is 0 Å². The predicted octanol–water partition coefficient (Wildman–Crippen LogP) is 4.06. The molecule has 1 fully saturated rings. The van der Waals surface area contributed by atoms with E-state index in [-0.39, 0.29) is 0 Å². The summed E-state index contributed by atoms with van der Waals surface area (Å²) in [6.45, 7) is 6.67. The highest BCUT2D eigenvalue weighted by Gasteiger charge is 2.23. The van der Waals surface area contributed by atoms with Crippen LogP contribution in [0.5, 0.6) is 0 Å². The minimum absolute atomic E-state index is 0.578. The first kappa shape index (κ1) is 13.5. The Bertz CT molecular complexity index is 187. The first-order chi connectivity index (χ1) is 7.79. The third kappa shape index (κ3) is 4.15. The zero-order valence-corrected chi connectivity index (χ0v) is 11.1. The van der Waals surface area contributed by atoms with Crippen molar-refractivity contribution in [3.8, 4) is 0 Å². The standard InChI is InChI=1S/C14H28N2/c1-3-5-11-16(12-6-4-2)14(15)13-9-7-8-10-13/h13,15H,3-12H2,1-2H3. The van der Waals surface area contributed by atoms with Gasteiger partial charge in [-0.05, 0) is 25.7 Å². The number of nitrogens with zero attached hydrogens (tertiary/aromatic N) is 1. The fourth-order valence-electron chi connectivity index (χ4n) is 2.51. The van der Waals surface area contributed by atoms with Gasteiger partial charge in [-0.1, -0.05) is 39.5 Å². The largest absolute Gasteiger partial charge is 0.360 e. The van der Waals surface area contributed by atoms with Gasteiger partial charge in [0, 0.05) is 19.0 Å². The Morgan fingerprint density at radius 3 is 2.00 bits per heavy atom. The smallest absolute Gasteiger partial charge is 0.0989 e. The van der Waals surface area contributed by atoms with E-state index in [0.717, 1.165) is 18.9 Å². The van der Waals surface area contributed by atoms with E-state index >= 15 is 0 Å². The normalized spacial score (nSPS) is 16.6. The van der Waals surface area contributed by atoms with E-state index in [4.69, 9.17) is 5.41 Å². The molecule has 0 aliphatic heterocycles. The van der Waals surface area contributed by atoms with Crippen LogP contribution in [-0.2, 0) is 0 Å². The molecular formula is C14H28N2. The van der Waals surface area contributed by atoms with Crippen molar-refractivity contribution in [1.82, 2.24) is 4.90 Å². The molecule has 2 heteroatoms. The lowest BCUT2D eigenvalue weighted by Gasteiger charge is -2.28. The van der Waals surface area contributed by atoms with Gasteiger partial charge < -0.3 is 4.90 Å². The summed E-state index contributed by atoms with van der Waals surface area (Å²) in [6.07, 6.45) is 10.1. The van der Waals surface area contributed by atoms with Gasteiger partial charge in [-0.15, -0.1) is 0 Å². The number of amidine groups is 1. The molecule has 2 nitrogen and oxygen atoms in total. The van der Waals surface area contributed by atoms with Gasteiger partial charge in [0.15, 0.2) is 0 Å². The molecule has 1 N–H and O–H groups in total.